The smallest absolute Gasteiger partial charge is 0.294 e. The summed E-state index contributed by atoms with van der Waals surface area (Å²) in [6.45, 7) is 4.85. The molecule has 0 atom stereocenters. The van der Waals surface area contributed by atoms with Crippen LogP contribution in [0.4, 0.5) is 4.79 Å². The zero-order valence-corrected chi connectivity index (χ0v) is 21.9. The van der Waals surface area contributed by atoms with E-state index in [2.05, 4.69) is 26.6 Å². The normalized spacial score (nSPS) is 16.8. The van der Waals surface area contributed by atoms with Crippen molar-refractivity contribution in [3.8, 4) is 5.69 Å². The minimum absolute atomic E-state index is 0.212. The molecule has 2 aromatic carbocycles. The maximum absolute atomic E-state index is 13.1. The molecule has 1 aromatic heterocycles. The zero-order valence-electron chi connectivity index (χ0n) is 19.5. The van der Waals surface area contributed by atoms with Gasteiger partial charge in [0.25, 0.3) is 11.1 Å². The van der Waals surface area contributed by atoms with Crippen LogP contribution in [0.3, 0.4) is 0 Å². The van der Waals surface area contributed by atoms with E-state index >= 15 is 0 Å². The standard InChI is InChI=1S/C27H24BrN3O3S/c1-17-13-21(18(2)31(17)23-9-7-22(28)8-10-23)14-24-26(33)30(27(34)35-24)16-25(32)29-12-11-19-5-3-4-6-20(19)15-29/h3-10,13-14H,11-12,15-16H2,1-2H3/b24-14+. The number of halogens is 1. The molecule has 0 saturated carbocycles. The van der Waals surface area contributed by atoms with Gasteiger partial charge in [-0.2, -0.15) is 0 Å². The lowest BCUT2D eigenvalue weighted by atomic mass is 10.00. The number of hydrogen-bond acceptors (Lipinski definition) is 4. The van der Waals surface area contributed by atoms with Gasteiger partial charge in [0.15, 0.2) is 0 Å². The monoisotopic (exact) mass is 549 g/mol. The minimum Gasteiger partial charge on any atom is -0.336 e. The van der Waals surface area contributed by atoms with Crippen molar-refractivity contribution in [1.29, 1.82) is 0 Å². The number of carbonyl (C=O) groups excluding carboxylic acids is 3. The molecule has 5 rings (SSSR count). The number of aromatic nitrogens is 1. The number of aryl methyl sites for hydroxylation is 1. The molecule has 0 unspecified atom stereocenters. The van der Waals surface area contributed by atoms with E-state index in [9.17, 15) is 14.4 Å². The Balaban J connectivity index is 1.33. The van der Waals surface area contributed by atoms with E-state index < -0.39 is 11.1 Å². The first-order valence-corrected chi connectivity index (χ1v) is 13.0. The lowest BCUT2D eigenvalue weighted by Gasteiger charge is -2.29. The zero-order chi connectivity index (χ0) is 24.7. The summed E-state index contributed by atoms with van der Waals surface area (Å²) >= 11 is 4.35. The third-order valence-corrected chi connectivity index (χ3v) is 7.93. The number of thioether (sulfide) groups is 1. The molecule has 3 aromatic rings. The van der Waals surface area contributed by atoms with Crippen molar-refractivity contribution in [2.45, 2.75) is 26.8 Å². The van der Waals surface area contributed by atoms with Gasteiger partial charge in [0, 0.05) is 34.6 Å². The topological polar surface area (TPSA) is 62.6 Å². The van der Waals surface area contributed by atoms with Crippen molar-refractivity contribution in [3.63, 3.8) is 0 Å². The fourth-order valence-electron chi connectivity index (χ4n) is 4.64. The Morgan fingerprint density at radius 3 is 2.51 bits per heavy atom. The minimum atomic E-state index is -0.417. The second-order valence-electron chi connectivity index (χ2n) is 8.74. The molecule has 0 radical (unpaired) electrons. The third-order valence-electron chi connectivity index (χ3n) is 6.49. The first-order chi connectivity index (χ1) is 16.8. The van der Waals surface area contributed by atoms with E-state index in [1.54, 1.807) is 11.0 Å². The van der Waals surface area contributed by atoms with E-state index in [1.807, 2.05) is 62.4 Å². The molecule has 3 heterocycles. The average molecular weight is 550 g/mol. The molecule has 0 bridgehead atoms. The largest absolute Gasteiger partial charge is 0.336 e. The highest BCUT2D eigenvalue weighted by Crippen LogP contribution is 2.34. The summed E-state index contributed by atoms with van der Waals surface area (Å²) in [6.07, 6.45) is 2.53. The molecule has 178 valence electrons. The maximum atomic E-state index is 13.1. The van der Waals surface area contributed by atoms with Crippen LogP contribution >= 0.6 is 27.7 Å². The van der Waals surface area contributed by atoms with E-state index in [4.69, 9.17) is 0 Å². The Hall–Kier alpha value is -3.10. The van der Waals surface area contributed by atoms with Crippen LogP contribution in [0.25, 0.3) is 11.8 Å². The number of carbonyl (C=O) groups is 3. The number of hydrogen-bond donors (Lipinski definition) is 0. The van der Waals surface area contributed by atoms with Crippen molar-refractivity contribution in [2.75, 3.05) is 13.1 Å². The van der Waals surface area contributed by atoms with Gasteiger partial charge in [0.05, 0.1) is 4.91 Å². The van der Waals surface area contributed by atoms with Gasteiger partial charge in [0.1, 0.15) is 6.54 Å². The van der Waals surface area contributed by atoms with Gasteiger partial charge < -0.3 is 9.47 Å². The van der Waals surface area contributed by atoms with Gasteiger partial charge in [-0.3, -0.25) is 19.3 Å². The van der Waals surface area contributed by atoms with Crippen LogP contribution in [0, 0.1) is 13.8 Å². The van der Waals surface area contributed by atoms with Gasteiger partial charge in [-0.15, -0.1) is 0 Å². The van der Waals surface area contributed by atoms with Crippen molar-refractivity contribution in [1.82, 2.24) is 14.4 Å². The van der Waals surface area contributed by atoms with Crippen molar-refractivity contribution in [2.24, 2.45) is 0 Å². The second kappa shape index (κ2) is 9.51. The van der Waals surface area contributed by atoms with Crippen molar-refractivity contribution >= 4 is 50.8 Å². The Kier molecular flexibility index (Phi) is 6.42. The molecule has 6 nitrogen and oxygen atoms in total. The third kappa shape index (κ3) is 4.60. The summed E-state index contributed by atoms with van der Waals surface area (Å²) in [4.78, 5) is 41.8. The van der Waals surface area contributed by atoms with Crippen molar-refractivity contribution < 1.29 is 14.4 Å². The Morgan fingerprint density at radius 1 is 1.06 bits per heavy atom. The highest BCUT2D eigenvalue weighted by Gasteiger charge is 2.37. The first kappa shape index (κ1) is 23.6. The van der Waals surface area contributed by atoms with Gasteiger partial charge in [-0.05, 0) is 85.1 Å². The number of imide groups is 1. The van der Waals surface area contributed by atoms with Crippen LogP contribution in [-0.4, -0.2) is 44.5 Å². The van der Waals surface area contributed by atoms with Crippen LogP contribution in [0.2, 0.25) is 0 Å². The second-order valence-corrected chi connectivity index (χ2v) is 10.6. The SMILES string of the molecule is Cc1cc(/C=C2/SC(=O)N(CC(=O)N3CCc4ccccc4C3)C2=O)c(C)n1-c1ccc(Br)cc1. The summed E-state index contributed by atoms with van der Waals surface area (Å²) in [5.74, 6) is -0.629. The van der Waals surface area contributed by atoms with Crippen LogP contribution in [-0.2, 0) is 22.6 Å². The van der Waals surface area contributed by atoms with Gasteiger partial charge >= 0.3 is 0 Å². The molecular weight excluding hydrogens is 526 g/mol. The summed E-state index contributed by atoms with van der Waals surface area (Å²) in [7, 11) is 0. The summed E-state index contributed by atoms with van der Waals surface area (Å²) in [6, 6.07) is 18.1. The predicted octanol–water partition coefficient (Wildman–Crippen LogP) is 5.48. The Morgan fingerprint density at radius 2 is 1.77 bits per heavy atom. The van der Waals surface area contributed by atoms with Crippen LogP contribution in [0.1, 0.15) is 28.1 Å². The molecule has 3 amide bonds. The fraction of sp³-hybridized carbons (Fsp3) is 0.222. The van der Waals surface area contributed by atoms with Crippen LogP contribution in [0.5, 0.6) is 0 Å². The molecule has 1 saturated heterocycles. The summed E-state index contributed by atoms with van der Waals surface area (Å²) < 4.78 is 3.11. The number of benzene rings is 2. The highest BCUT2D eigenvalue weighted by atomic mass is 79.9. The summed E-state index contributed by atoms with van der Waals surface area (Å²) in [5, 5.41) is -0.409. The Labute approximate surface area is 216 Å². The molecule has 0 aliphatic carbocycles. The number of nitrogens with zero attached hydrogens (tertiary/aromatic N) is 3. The lowest BCUT2D eigenvalue weighted by molar-refractivity contribution is -0.136. The molecule has 2 aliphatic heterocycles. The fourth-order valence-corrected chi connectivity index (χ4v) is 5.74. The molecular formula is C27H24BrN3O3S. The highest BCUT2D eigenvalue weighted by molar-refractivity contribution is 9.10. The number of amides is 3. The van der Waals surface area contributed by atoms with Gasteiger partial charge in [-0.1, -0.05) is 40.2 Å². The van der Waals surface area contributed by atoms with Crippen molar-refractivity contribution in [3.05, 3.63) is 92.1 Å². The molecule has 35 heavy (non-hydrogen) atoms. The quantitative estimate of drug-likeness (QED) is 0.404. The predicted molar refractivity (Wildman–Crippen MR) is 141 cm³/mol. The lowest BCUT2D eigenvalue weighted by Crippen LogP contribution is -2.44. The molecule has 2 aliphatic rings. The number of rotatable bonds is 4. The van der Waals surface area contributed by atoms with E-state index in [0.29, 0.717) is 18.0 Å². The average Bonchev–Trinajstić information content (AvgIpc) is 3.28. The Bertz CT molecular complexity index is 1380. The molecule has 8 heteroatoms. The maximum Gasteiger partial charge on any atom is 0.294 e. The van der Waals surface area contributed by atoms with E-state index in [0.717, 1.165) is 55.8 Å². The number of fused-ring (bicyclic) bond motifs is 1. The van der Waals surface area contributed by atoms with Crippen LogP contribution < -0.4 is 0 Å². The van der Waals surface area contributed by atoms with Gasteiger partial charge in [-0.25, -0.2) is 0 Å². The van der Waals surface area contributed by atoms with Crippen LogP contribution in [0.15, 0.2) is 64.0 Å². The van der Waals surface area contributed by atoms with E-state index in [1.165, 1.54) is 5.56 Å². The van der Waals surface area contributed by atoms with Gasteiger partial charge in [0.2, 0.25) is 5.91 Å². The summed E-state index contributed by atoms with van der Waals surface area (Å²) in [5.41, 5.74) is 6.24. The van der Waals surface area contributed by atoms with E-state index in [-0.39, 0.29) is 12.5 Å². The molecule has 1 fully saturated rings. The molecule has 0 spiro atoms. The first-order valence-electron chi connectivity index (χ1n) is 11.4. The molecule has 0 N–H and O–H groups in total.